The maximum atomic E-state index is 12.3. The third kappa shape index (κ3) is 4.31. The van der Waals surface area contributed by atoms with Crippen LogP contribution in [0.2, 0.25) is 0 Å². The van der Waals surface area contributed by atoms with Gasteiger partial charge in [-0.25, -0.2) is 4.79 Å². The van der Waals surface area contributed by atoms with Crippen LogP contribution >= 0.6 is 0 Å². The van der Waals surface area contributed by atoms with Crippen LogP contribution in [-0.2, 0) is 0 Å². The molecule has 5 nitrogen and oxygen atoms in total. The molecule has 1 aromatic carbocycles. The number of fused-ring (bicyclic) bond motifs is 1. The predicted molar refractivity (Wildman–Crippen MR) is 98.9 cm³/mol. The maximum absolute atomic E-state index is 12.3. The van der Waals surface area contributed by atoms with Gasteiger partial charge in [0, 0.05) is 31.9 Å². The number of rotatable bonds is 7. The number of benzene rings is 1. The number of nitrogens with zero attached hydrogens (tertiary/aromatic N) is 1. The van der Waals surface area contributed by atoms with Gasteiger partial charge in [-0.3, -0.25) is 0 Å². The zero-order valence-corrected chi connectivity index (χ0v) is 15.1. The van der Waals surface area contributed by atoms with Gasteiger partial charge in [0.25, 0.3) is 5.95 Å². The minimum atomic E-state index is -0.370. The predicted octanol–water partition coefficient (Wildman–Crippen LogP) is 3.77. The molecule has 0 atom stereocenters. The quantitative estimate of drug-likeness (QED) is 0.837. The van der Waals surface area contributed by atoms with Crippen LogP contribution in [0.5, 0.6) is 5.95 Å². The summed E-state index contributed by atoms with van der Waals surface area (Å²) in [6.45, 7) is 7.23. The molecule has 0 saturated carbocycles. The van der Waals surface area contributed by atoms with Crippen LogP contribution in [0, 0.1) is 6.92 Å². The van der Waals surface area contributed by atoms with Gasteiger partial charge < -0.3 is 19.4 Å². The molecule has 0 fully saturated rings. The number of nitrogens with one attached hydrogen (secondary N) is 1. The molecule has 0 aliphatic heterocycles. The lowest BCUT2D eigenvalue weighted by atomic mass is 10.1. The number of hydrogen-bond acceptors (Lipinski definition) is 5. The molecule has 0 aliphatic carbocycles. The van der Waals surface area contributed by atoms with Gasteiger partial charge in [-0.1, -0.05) is 13.0 Å². The molecule has 0 aliphatic rings. The van der Waals surface area contributed by atoms with E-state index in [0.717, 1.165) is 23.1 Å². The molecule has 2 rings (SSSR count). The Hall–Kier alpha value is -2.43. The molecule has 0 saturated heterocycles. The Bertz CT molecular complexity index is 791. The monoisotopic (exact) mass is 330 g/mol. The van der Waals surface area contributed by atoms with Gasteiger partial charge in [-0.2, -0.15) is 0 Å². The minimum absolute atomic E-state index is 0.319. The molecule has 1 aromatic heterocycles. The maximum Gasteiger partial charge on any atom is 0.346 e. The zero-order valence-electron chi connectivity index (χ0n) is 15.1. The molecule has 130 valence electrons. The van der Waals surface area contributed by atoms with Gasteiger partial charge in [0.2, 0.25) is 0 Å². The second-order valence-corrected chi connectivity index (χ2v) is 6.20. The van der Waals surface area contributed by atoms with E-state index in [1.54, 1.807) is 0 Å². The zero-order chi connectivity index (χ0) is 17.7. The van der Waals surface area contributed by atoms with Crippen molar-refractivity contribution in [3.05, 3.63) is 46.0 Å². The fourth-order valence-corrected chi connectivity index (χ4v) is 2.54. The van der Waals surface area contributed by atoms with Crippen molar-refractivity contribution in [3.8, 4) is 5.95 Å². The van der Waals surface area contributed by atoms with Gasteiger partial charge >= 0.3 is 5.63 Å². The van der Waals surface area contributed by atoms with E-state index in [1.165, 1.54) is 5.57 Å². The smallest absolute Gasteiger partial charge is 0.346 e. The first-order valence-corrected chi connectivity index (χ1v) is 8.20. The summed E-state index contributed by atoms with van der Waals surface area (Å²) < 4.78 is 10.9. The minimum Gasteiger partial charge on any atom is -0.465 e. The van der Waals surface area contributed by atoms with Crippen LogP contribution in [0.3, 0.4) is 0 Å². The third-order valence-corrected chi connectivity index (χ3v) is 3.62. The molecule has 0 amide bonds. The Balaban J connectivity index is 2.28. The molecule has 24 heavy (non-hydrogen) atoms. The highest BCUT2D eigenvalue weighted by molar-refractivity contribution is 5.88. The van der Waals surface area contributed by atoms with Gasteiger partial charge in [0.05, 0.1) is 12.0 Å². The third-order valence-electron chi connectivity index (χ3n) is 3.62. The summed E-state index contributed by atoms with van der Waals surface area (Å²) in [7, 11) is 3.98. The van der Waals surface area contributed by atoms with E-state index >= 15 is 0 Å². The Morgan fingerprint density at radius 3 is 2.75 bits per heavy atom. The Morgan fingerprint density at radius 1 is 1.33 bits per heavy atom. The summed E-state index contributed by atoms with van der Waals surface area (Å²) in [4.78, 5) is 14.3. The summed E-state index contributed by atoms with van der Waals surface area (Å²) in [6, 6.07) is 5.75. The van der Waals surface area contributed by atoms with E-state index in [4.69, 9.17) is 9.15 Å². The second kappa shape index (κ2) is 7.90. The average molecular weight is 330 g/mol. The largest absolute Gasteiger partial charge is 0.465 e. The van der Waals surface area contributed by atoms with E-state index in [-0.39, 0.29) is 5.63 Å². The lowest BCUT2D eigenvalue weighted by Gasteiger charge is -2.12. The summed E-state index contributed by atoms with van der Waals surface area (Å²) >= 11 is 0. The fourth-order valence-electron chi connectivity index (χ4n) is 2.54. The summed E-state index contributed by atoms with van der Waals surface area (Å²) in [6.07, 6.45) is 2.92. The number of hydrogen-bond donors (Lipinski definition) is 1. The van der Waals surface area contributed by atoms with Gasteiger partial charge in [-0.05, 0) is 49.6 Å². The first-order valence-electron chi connectivity index (χ1n) is 8.20. The Kier molecular flexibility index (Phi) is 5.90. The molecule has 2 aromatic rings. The van der Waals surface area contributed by atoms with Crippen LogP contribution in [0.1, 0.15) is 25.8 Å². The lowest BCUT2D eigenvalue weighted by Crippen LogP contribution is -2.09. The molecular formula is C19H26N2O3. The molecule has 0 spiro atoms. The van der Waals surface area contributed by atoms with Gasteiger partial charge in [0.1, 0.15) is 0 Å². The highest BCUT2D eigenvalue weighted by Crippen LogP contribution is 2.26. The van der Waals surface area contributed by atoms with Crippen molar-refractivity contribution in [2.45, 2.75) is 27.2 Å². The molecule has 0 bridgehead atoms. The van der Waals surface area contributed by atoms with E-state index in [9.17, 15) is 4.79 Å². The highest BCUT2D eigenvalue weighted by Gasteiger charge is 2.12. The Labute approximate surface area is 142 Å². The normalized spacial score (nSPS) is 11.6. The molecule has 0 unspecified atom stereocenters. The fraction of sp³-hybridized carbons (Fsp3) is 0.421. The number of ether oxygens (including phenoxy) is 1. The topological polar surface area (TPSA) is 54.7 Å². The van der Waals surface area contributed by atoms with Gasteiger partial charge in [0.15, 0.2) is 0 Å². The molecule has 0 radical (unpaired) electrons. The van der Waals surface area contributed by atoms with Crippen molar-refractivity contribution in [3.63, 3.8) is 0 Å². The second-order valence-electron chi connectivity index (χ2n) is 6.20. The number of aryl methyl sites for hydroxylation is 1. The van der Waals surface area contributed by atoms with Crippen molar-refractivity contribution >= 4 is 16.5 Å². The van der Waals surface area contributed by atoms with Crippen molar-refractivity contribution in [2.24, 2.45) is 0 Å². The first kappa shape index (κ1) is 17.9. The standard InChI is InChI=1S/C19H26N2O3/c1-6-9-23-19-14(3)16-8-7-15(10-17(16)18(22)24-19)20-11-13(2)12-21(4)5/h7-8,10,12,20H,6,9,11H2,1-5H3/b13-12+. The molecule has 5 heteroatoms. The average Bonchev–Trinajstić information content (AvgIpc) is 2.54. The van der Waals surface area contributed by atoms with E-state index in [2.05, 4.69) is 18.4 Å². The number of anilines is 1. The van der Waals surface area contributed by atoms with Crippen LogP contribution in [0.4, 0.5) is 5.69 Å². The summed E-state index contributed by atoms with van der Waals surface area (Å²) in [5, 5.41) is 4.76. The van der Waals surface area contributed by atoms with Crippen molar-refractivity contribution in [1.82, 2.24) is 4.90 Å². The SMILES string of the molecule is CCCOc1oc(=O)c2cc(NC/C(C)=C/N(C)C)ccc2c1C. The highest BCUT2D eigenvalue weighted by atomic mass is 16.6. The Morgan fingerprint density at radius 2 is 2.08 bits per heavy atom. The first-order chi connectivity index (χ1) is 11.4. The lowest BCUT2D eigenvalue weighted by molar-refractivity contribution is 0.230. The van der Waals surface area contributed by atoms with Crippen molar-refractivity contribution in [1.29, 1.82) is 0 Å². The van der Waals surface area contributed by atoms with Crippen molar-refractivity contribution < 1.29 is 9.15 Å². The molecular weight excluding hydrogens is 304 g/mol. The molecule has 1 N–H and O–H groups in total. The molecule has 1 heterocycles. The van der Waals surface area contributed by atoms with Crippen LogP contribution < -0.4 is 15.7 Å². The van der Waals surface area contributed by atoms with E-state index < -0.39 is 0 Å². The van der Waals surface area contributed by atoms with E-state index in [1.807, 2.05) is 51.0 Å². The van der Waals surface area contributed by atoms with Crippen molar-refractivity contribution in [2.75, 3.05) is 32.6 Å². The van der Waals surface area contributed by atoms with Crippen LogP contribution in [0.25, 0.3) is 10.8 Å². The van der Waals surface area contributed by atoms with Crippen LogP contribution in [0.15, 0.2) is 39.2 Å². The van der Waals surface area contributed by atoms with E-state index in [0.29, 0.717) is 24.5 Å². The van der Waals surface area contributed by atoms with Gasteiger partial charge in [-0.15, -0.1) is 0 Å². The summed E-state index contributed by atoms with van der Waals surface area (Å²) in [5.41, 5.74) is 2.58. The van der Waals surface area contributed by atoms with Crippen LogP contribution in [-0.4, -0.2) is 32.1 Å². The summed E-state index contributed by atoms with van der Waals surface area (Å²) in [5.74, 6) is 0.319.